The van der Waals surface area contributed by atoms with E-state index < -0.39 is 0 Å². The monoisotopic (exact) mass is 336 g/mol. The highest BCUT2D eigenvalue weighted by atomic mass is 35.5. The Morgan fingerprint density at radius 1 is 1.17 bits per heavy atom. The number of hydrogen-bond donors (Lipinski definition) is 2. The predicted molar refractivity (Wildman–Crippen MR) is 94.3 cm³/mol. The first-order valence-electron chi connectivity index (χ1n) is 7.36. The maximum Gasteiger partial charge on any atom is 0.251 e. The number of nitrogens with one attached hydrogen (secondary N) is 1. The molecular formula is C18H22ClFN2O. The number of benzene rings is 2. The number of nitrogen functional groups attached to an aromatic ring is 1. The molecular weight excluding hydrogens is 315 g/mol. The van der Waals surface area contributed by atoms with Crippen LogP contribution < -0.4 is 11.1 Å². The van der Waals surface area contributed by atoms with Crippen molar-refractivity contribution in [2.24, 2.45) is 5.92 Å². The molecule has 3 N–H and O–H groups in total. The fourth-order valence-corrected chi connectivity index (χ4v) is 2.26. The van der Waals surface area contributed by atoms with Gasteiger partial charge in [-0.15, -0.1) is 12.4 Å². The summed E-state index contributed by atoms with van der Waals surface area (Å²) in [6.45, 7) is 4.10. The van der Waals surface area contributed by atoms with Crippen LogP contribution in [-0.4, -0.2) is 11.9 Å². The van der Waals surface area contributed by atoms with Crippen LogP contribution in [0.3, 0.4) is 0 Å². The summed E-state index contributed by atoms with van der Waals surface area (Å²) in [6.07, 6.45) is 0.659. The highest BCUT2D eigenvalue weighted by Gasteiger charge is 2.18. The van der Waals surface area contributed by atoms with Crippen LogP contribution in [0.2, 0.25) is 0 Å². The lowest BCUT2D eigenvalue weighted by atomic mass is 9.96. The van der Waals surface area contributed by atoms with E-state index >= 15 is 0 Å². The smallest absolute Gasteiger partial charge is 0.251 e. The van der Waals surface area contributed by atoms with Gasteiger partial charge in [0.25, 0.3) is 5.91 Å². The Morgan fingerprint density at radius 2 is 1.83 bits per heavy atom. The summed E-state index contributed by atoms with van der Waals surface area (Å²) in [5.74, 6) is -0.142. The molecule has 0 spiro atoms. The Hall–Kier alpha value is -2.07. The van der Waals surface area contributed by atoms with Gasteiger partial charge in [-0.05, 0) is 48.2 Å². The number of amides is 1. The molecule has 0 radical (unpaired) electrons. The highest BCUT2D eigenvalue weighted by molar-refractivity contribution is 5.95. The van der Waals surface area contributed by atoms with Crippen molar-refractivity contribution in [2.45, 2.75) is 26.3 Å². The van der Waals surface area contributed by atoms with Gasteiger partial charge in [-0.25, -0.2) is 4.39 Å². The van der Waals surface area contributed by atoms with Crippen LogP contribution in [0.4, 0.5) is 10.1 Å². The number of halogens is 2. The Kier molecular flexibility index (Phi) is 7.04. The summed E-state index contributed by atoms with van der Waals surface area (Å²) in [5.41, 5.74) is 7.81. The quantitative estimate of drug-likeness (QED) is 0.815. The second-order valence-corrected chi connectivity index (χ2v) is 5.78. The predicted octanol–water partition coefficient (Wildman–Crippen LogP) is 3.83. The average Bonchev–Trinajstić information content (AvgIpc) is 2.48. The third-order valence-electron chi connectivity index (χ3n) is 3.64. The number of carbonyl (C=O) groups is 1. The van der Waals surface area contributed by atoms with Crippen LogP contribution in [0.5, 0.6) is 0 Å². The van der Waals surface area contributed by atoms with Crippen molar-refractivity contribution in [2.75, 3.05) is 5.73 Å². The minimum Gasteiger partial charge on any atom is -0.399 e. The summed E-state index contributed by atoms with van der Waals surface area (Å²) in [5, 5.41) is 3.03. The minimum absolute atomic E-state index is 0. The SMILES string of the molecule is CC(C)C(Cc1ccc(F)cc1)NC(=O)c1cccc(N)c1.Cl. The van der Waals surface area contributed by atoms with Crippen molar-refractivity contribution in [1.82, 2.24) is 5.32 Å². The lowest BCUT2D eigenvalue weighted by molar-refractivity contribution is 0.0926. The van der Waals surface area contributed by atoms with Crippen molar-refractivity contribution >= 4 is 24.0 Å². The zero-order valence-corrected chi connectivity index (χ0v) is 14.1. The molecule has 1 unspecified atom stereocenters. The largest absolute Gasteiger partial charge is 0.399 e. The Balaban J connectivity index is 0.00000264. The Labute approximate surface area is 142 Å². The van der Waals surface area contributed by atoms with Gasteiger partial charge in [0.05, 0.1) is 0 Å². The third kappa shape index (κ3) is 5.57. The molecule has 0 aliphatic heterocycles. The molecule has 2 rings (SSSR count). The number of nitrogens with two attached hydrogens (primary N) is 1. The standard InChI is InChI=1S/C18H21FN2O.ClH/c1-12(2)17(10-13-6-8-15(19)9-7-13)21-18(22)14-4-3-5-16(20)11-14;/h3-9,11-12,17H,10,20H2,1-2H3,(H,21,22);1H. The molecule has 0 heterocycles. The van der Waals surface area contributed by atoms with Gasteiger partial charge in [0.1, 0.15) is 5.82 Å². The van der Waals surface area contributed by atoms with Crippen LogP contribution in [-0.2, 0) is 6.42 Å². The summed E-state index contributed by atoms with van der Waals surface area (Å²) >= 11 is 0. The third-order valence-corrected chi connectivity index (χ3v) is 3.64. The van der Waals surface area contributed by atoms with E-state index in [1.807, 2.05) is 13.8 Å². The number of rotatable bonds is 5. The molecule has 1 atom stereocenters. The van der Waals surface area contributed by atoms with Gasteiger partial charge < -0.3 is 11.1 Å². The molecule has 3 nitrogen and oxygen atoms in total. The van der Waals surface area contributed by atoms with E-state index in [4.69, 9.17) is 5.73 Å². The first-order valence-corrected chi connectivity index (χ1v) is 7.36. The summed E-state index contributed by atoms with van der Waals surface area (Å²) in [4.78, 5) is 12.3. The van der Waals surface area contributed by atoms with Crippen LogP contribution >= 0.6 is 12.4 Å². The number of anilines is 1. The Bertz CT molecular complexity index is 644. The van der Waals surface area contributed by atoms with Gasteiger partial charge in [0.15, 0.2) is 0 Å². The van der Waals surface area contributed by atoms with E-state index in [9.17, 15) is 9.18 Å². The molecule has 124 valence electrons. The van der Waals surface area contributed by atoms with Gasteiger partial charge in [0, 0.05) is 17.3 Å². The molecule has 0 bridgehead atoms. The van der Waals surface area contributed by atoms with Gasteiger partial charge in [0.2, 0.25) is 0 Å². The molecule has 0 aliphatic carbocycles. The molecule has 2 aromatic rings. The number of carbonyl (C=O) groups excluding carboxylic acids is 1. The molecule has 2 aromatic carbocycles. The van der Waals surface area contributed by atoms with Crippen molar-refractivity contribution < 1.29 is 9.18 Å². The fourth-order valence-electron chi connectivity index (χ4n) is 2.26. The Morgan fingerprint density at radius 3 is 2.39 bits per heavy atom. The first-order chi connectivity index (χ1) is 10.5. The molecule has 0 fully saturated rings. The summed E-state index contributed by atoms with van der Waals surface area (Å²) in [7, 11) is 0. The molecule has 23 heavy (non-hydrogen) atoms. The van der Waals surface area contributed by atoms with Gasteiger partial charge in [-0.2, -0.15) is 0 Å². The van der Waals surface area contributed by atoms with Crippen LogP contribution in [0, 0.1) is 11.7 Å². The van der Waals surface area contributed by atoms with Gasteiger partial charge in [-0.1, -0.05) is 32.0 Å². The normalized spacial score (nSPS) is 11.7. The second-order valence-electron chi connectivity index (χ2n) is 5.78. The van der Waals surface area contributed by atoms with Gasteiger partial charge in [-0.3, -0.25) is 4.79 Å². The second kappa shape index (κ2) is 8.53. The topological polar surface area (TPSA) is 55.1 Å². The minimum atomic E-state index is -0.256. The van der Waals surface area contributed by atoms with Crippen LogP contribution in [0.1, 0.15) is 29.8 Å². The molecule has 0 aromatic heterocycles. The van der Waals surface area contributed by atoms with Crippen molar-refractivity contribution in [3.8, 4) is 0 Å². The van der Waals surface area contributed by atoms with Crippen molar-refractivity contribution in [3.63, 3.8) is 0 Å². The van der Waals surface area contributed by atoms with E-state index in [0.29, 0.717) is 17.7 Å². The lowest BCUT2D eigenvalue weighted by Gasteiger charge is -2.22. The van der Waals surface area contributed by atoms with E-state index in [-0.39, 0.29) is 36.1 Å². The number of hydrogen-bond acceptors (Lipinski definition) is 2. The zero-order chi connectivity index (χ0) is 16.1. The summed E-state index contributed by atoms with van der Waals surface area (Å²) in [6, 6.07) is 13.2. The maximum absolute atomic E-state index is 13.0. The molecule has 0 aliphatic rings. The van der Waals surface area contributed by atoms with Crippen molar-refractivity contribution in [3.05, 3.63) is 65.5 Å². The van der Waals surface area contributed by atoms with E-state index in [1.165, 1.54) is 12.1 Å². The van der Waals surface area contributed by atoms with Crippen LogP contribution in [0.25, 0.3) is 0 Å². The lowest BCUT2D eigenvalue weighted by Crippen LogP contribution is -2.40. The van der Waals surface area contributed by atoms with Crippen molar-refractivity contribution in [1.29, 1.82) is 0 Å². The van der Waals surface area contributed by atoms with E-state index in [2.05, 4.69) is 5.32 Å². The van der Waals surface area contributed by atoms with Gasteiger partial charge >= 0.3 is 0 Å². The molecule has 0 saturated carbocycles. The van der Waals surface area contributed by atoms with E-state index in [1.54, 1.807) is 36.4 Å². The average molecular weight is 337 g/mol. The molecule has 0 saturated heterocycles. The summed E-state index contributed by atoms with van der Waals surface area (Å²) < 4.78 is 13.0. The zero-order valence-electron chi connectivity index (χ0n) is 13.3. The highest BCUT2D eigenvalue weighted by Crippen LogP contribution is 2.13. The maximum atomic E-state index is 13.0. The van der Waals surface area contributed by atoms with E-state index in [0.717, 1.165) is 5.56 Å². The molecule has 5 heteroatoms. The fraction of sp³-hybridized carbons (Fsp3) is 0.278. The van der Waals surface area contributed by atoms with Crippen LogP contribution in [0.15, 0.2) is 48.5 Å². The molecule has 1 amide bonds. The first kappa shape index (κ1) is 19.0.